The molecule has 35 heavy (non-hydrogen) atoms. The highest BCUT2D eigenvalue weighted by Crippen LogP contribution is 2.52. The van der Waals surface area contributed by atoms with Gasteiger partial charge in [-0.05, 0) is 71.0 Å². The monoisotopic (exact) mass is 518 g/mol. The number of rotatable bonds is 8. The third-order valence-electron chi connectivity index (χ3n) is 5.95. The summed E-state index contributed by atoms with van der Waals surface area (Å²) in [6.07, 6.45) is -5.55. The van der Waals surface area contributed by atoms with Gasteiger partial charge in [0.15, 0.2) is 0 Å². The molecular formula is C25H24F6O3S. The molecule has 3 nitrogen and oxygen atoms in total. The summed E-state index contributed by atoms with van der Waals surface area (Å²) < 4.78 is 82.4. The van der Waals surface area contributed by atoms with E-state index in [1.54, 1.807) is 30.5 Å². The number of halogens is 6. The van der Waals surface area contributed by atoms with Crippen molar-refractivity contribution < 1.29 is 41.7 Å². The van der Waals surface area contributed by atoms with E-state index in [9.17, 15) is 37.3 Å². The second-order valence-corrected chi connectivity index (χ2v) is 9.29. The Balaban J connectivity index is 2.06. The number of hydrogen-bond donors (Lipinski definition) is 3. The minimum absolute atomic E-state index is 0.237. The molecule has 3 aromatic rings. The van der Waals surface area contributed by atoms with Crippen LogP contribution in [0.5, 0.6) is 0 Å². The van der Waals surface area contributed by atoms with E-state index in [0.29, 0.717) is 34.4 Å². The predicted octanol–water partition coefficient (Wildman–Crippen LogP) is 6.11. The van der Waals surface area contributed by atoms with E-state index in [2.05, 4.69) is 0 Å². The van der Waals surface area contributed by atoms with Gasteiger partial charge in [-0.1, -0.05) is 36.4 Å². The molecule has 10 heteroatoms. The van der Waals surface area contributed by atoms with Gasteiger partial charge in [0.2, 0.25) is 0 Å². The summed E-state index contributed by atoms with van der Waals surface area (Å²) in [6.45, 7) is 2.27. The van der Waals surface area contributed by atoms with Crippen molar-refractivity contribution in [3.8, 4) is 11.1 Å². The summed E-state index contributed by atoms with van der Waals surface area (Å²) in [5.74, 6) is -11.0. The molecule has 0 aliphatic heterocycles. The molecule has 1 atom stereocenters. The maximum atomic E-state index is 15.1. The van der Waals surface area contributed by atoms with Gasteiger partial charge >= 0.3 is 18.0 Å². The van der Waals surface area contributed by atoms with Crippen molar-refractivity contribution >= 4 is 11.3 Å². The lowest BCUT2D eigenvalue weighted by Gasteiger charge is -2.33. The summed E-state index contributed by atoms with van der Waals surface area (Å²) in [5.41, 5.74) is 1.14. The molecular weight excluding hydrogens is 494 g/mol. The minimum atomic E-state index is -6.31. The Morgan fingerprint density at radius 2 is 1.49 bits per heavy atom. The minimum Gasteiger partial charge on any atom is -0.392 e. The molecule has 0 saturated heterocycles. The van der Waals surface area contributed by atoms with Crippen molar-refractivity contribution in [3.05, 3.63) is 80.0 Å². The lowest BCUT2D eigenvalue weighted by atomic mass is 9.86. The molecule has 3 rings (SSSR count). The first-order valence-electron chi connectivity index (χ1n) is 10.6. The fourth-order valence-electron chi connectivity index (χ4n) is 4.10. The number of aliphatic hydroxyl groups is 3. The van der Waals surface area contributed by atoms with Gasteiger partial charge in [-0.25, -0.2) is 0 Å². The number of hydrogen-bond acceptors (Lipinski definition) is 4. The molecule has 0 fully saturated rings. The van der Waals surface area contributed by atoms with Crippen LogP contribution in [0.2, 0.25) is 0 Å². The number of aliphatic hydroxyl groups excluding tert-OH is 2. The van der Waals surface area contributed by atoms with E-state index in [0.717, 1.165) is 18.6 Å². The molecule has 1 unspecified atom stereocenters. The Morgan fingerprint density at radius 1 is 0.829 bits per heavy atom. The zero-order valence-corrected chi connectivity index (χ0v) is 19.7. The first-order chi connectivity index (χ1) is 16.3. The van der Waals surface area contributed by atoms with Crippen LogP contribution in [0.15, 0.2) is 41.8 Å². The van der Waals surface area contributed by atoms with Crippen molar-refractivity contribution in [2.24, 2.45) is 0 Å². The molecule has 0 aliphatic rings. The van der Waals surface area contributed by atoms with Gasteiger partial charge in [0, 0.05) is 10.4 Å². The standard InChI is InChI=1S/C25H24F6O3S/c1-14-4-3-5-19(22(14)23(26,34)24(27,28)25(29,30)31)21-15(2)13-35-20(21)9-7-16-6-8-17(11-32)18(10-16)12-33/h3-6,8,10,13,32-34H,7,9,11-12H2,1-2H3. The number of aryl methyl sites for hydroxylation is 4. The van der Waals surface area contributed by atoms with Crippen molar-refractivity contribution in [1.82, 2.24) is 0 Å². The second kappa shape index (κ2) is 9.93. The molecule has 0 amide bonds. The maximum absolute atomic E-state index is 15.1. The van der Waals surface area contributed by atoms with Gasteiger partial charge in [-0.3, -0.25) is 0 Å². The van der Waals surface area contributed by atoms with Crippen LogP contribution in [0.1, 0.15) is 38.3 Å². The molecule has 3 N–H and O–H groups in total. The first kappa shape index (κ1) is 27.2. The van der Waals surface area contributed by atoms with E-state index in [-0.39, 0.29) is 29.9 Å². The lowest BCUT2D eigenvalue weighted by Crippen LogP contribution is -2.52. The summed E-state index contributed by atoms with van der Waals surface area (Å²) >= 11 is 1.24. The third-order valence-corrected chi connectivity index (χ3v) is 7.11. The van der Waals surface area contributed by atoms with Crippen molar-refractivity contribution in [2.75, 3.05) is 0 Å². The van der Waals surface area contributed by atoms with Crippen LogP contribution in [0.3, 0.4) is 0 Å². The topological polar surface area (TPSA) is 60.7 Å². The average molecular weight is 519 g/mol. The molecule has 190 valence electrons. The maximum Gasteiger partial charge on any atom is 0.459 e. The van der Waals surface area contributed by atoms with Crippen LogP contribution < -0.4 is 0 Å². The summed E-state index contributed by atoms with van der Waals surface area (Å²) in [5, 5.41) is 30.6. The zero-order chi connectivity index (χ0) is 26.2. The normalized spacial score (nSPS) is 14.3. The Kier molecular flexibility index (Phi) is 7.71. The lowest BCUT2D eigenvalue weighted by molar-refractivity contribution is -0.379. The highest BCUT2D eigenvalue weighted by atomic mass is 32.1. The molecule has 2 aromatic carbocycles. The van der Waals surface area contributed by atoms with E-state index in [4.69, 9.17) is 0 Å². The molecule has 1 aromatic heterocycles. The van der Waals surface area contributed by atoms with Crippen LogP contribution in [-0.4, -0.2) is 27.4 Å². The Morgan fingerprint density at radius 3 is 2.09 bits per heavy atom. The fraction of sp³-hybridized carbons (Fsp3) is 0.360. The van der Waals surface area contributed by atoms with Crippen LogP contribution in [0, 0.1) is 13.8 Å². The van der Waals surface area contributed by atoms with Crippen LogP contribution in [0.25, 0.3) is 11.1 Å². The van der Waals surface area contributed by atoms with Gasteiger partial charge in [0.25, 0.3) is 0 Å². The van der Waals surface area contributed by atoms with Crippen LogP contribution in [0.4, 0.5) is 26.3 Å². The van der Waals surface area contributed by atoms with Gasteiger partial charge in [-0.15, -0.1) is 11.3 Å². The van der Waals surface area contributed by atoms with Gasteiger partial charge < -0.3 is 15.3 Å². The predicted molar refractivity (Wildman–Crippen MR) is 121 cm³/mol. The zero-order valence-electron chi connectivity index (χ0n) is 18.9. The molecule has 0 bridgehead atoms. The second-order valence-electron chi connectivity index (χ2n) is 8.33. The van der Waals surface area contributed by atoms with E-state index in [1.165, 1.54) is 23.5 Å². The Labute approximate surface area is 202 Å². The summed E-state index contributed by atoms with van der Waals surface area (Å²) in [6, 6.07) is 8.93. The highest BCUT2D eigenvalue weighted by molar-refractivity contribution is 7.10. The van der Waals surface area contributed by atoms with E-state index in [1.807, 2.05) is 0 Å². The Bertz CT molecular complexity index is 1200. The Hall–Kier alpha value is -2.40. The van der Waals surface area contributed by atoms with Crippen LogP contribution in [-0.2, 0) is 31.9 Å². The first-order valence-corrected chi connectivity index (χ1v) is 11.5. The third kappa shape index (κ3) is 4.97. The highest BCUT2D eigenvalue weighted by Gasteiger charge is 2.72. The molecule has 1 heterocycles. The molecule has 0 spiro atoms. The number of alkyl halides is 6. The van der Waals surface area contributed by atoms with Gasteiger partial charge in [0.1, 0.15) is 0 Å². The SMILES string of the molecule is Cc1csc(CCc2ccc(CO)c(CO)c2)c1-c1cccc(C)c1C(O)(F)C(F)(F)C(F)(F)F. The van der Waals surface area contributed by atoms with E-state index >= 15 is 4.39 Å². The number of thiophene rings is 1. The quantitative estimate of drug-likeness (QED) is 0.315. The van der Waals surface area contributed by atoms with Crippen molar-refractivity contribution in [2.45, 2.75) is 57.9 Å². The summed E-state index contributed by atoms with van der Waals surface area (Å²) in [4.78, 5) is 0.609. The van der Waals surface area contributed by atoms with Crippen molar-refractivity contribution in [3.63, 3.8) is 0 Å². The molecule has 0 radical (unpaired) electrons. The van der Waals surface area contributed by atoms with Gasteiger partial charge in [0.05, 0.1) is 13.2 Å². The van der Waals surface area contributed by atoms with E-state index < -0.39 is 23.5 Å². The average Bonchev–Trinajstić information content (AvgIpc) is 3.16. The smallest absolute Gasteiger partial charge is 0.392 e. The molecule has 0 aliphatic carbocycles. The fourth-order valence-corrected chi connectivity index (χ4v) is 5.14. The van der Waals surface area contributed by atoms with Crippen molar-refractivity contribution in [1.29, 1.82) is 0 Å². The van der Waals surface area contributed by atoms with Gasteiger partial charge in [-0.2, -0.15) is 26.3 Å². The summed E-state index contributed by atoms with van der Waals surface area (Å²) in [7, 11) is 0. The largest absolute Gasteiger partial charge is 0.459 e. The van der Waals surface area contributed by atoms with Crippen LogP contribution >= 0.6 is 11.3 Å². The molecule has 0 saturated carbocycles. The number of benzene rings is 2.